The van der Waals surface area contributed by atoms with Crippen molar-refractivity contribution in [2.24, 2.45) is 0 Å². The predicted molar refractivity (Wildman–Crippen MR) is 88.6 cm³/mol. The topological polar surface area (TPSA) is 9.23 Å². The van der Waals surface area contributed by atoms with Gasteiger partial charge in [0.05, 0.1) is 0 Å². The quantitative estimate of drug-likeness (QED) is 0.591. The molecule has 118 valence electrons. The van der Waals surface area contributed by atoms with E-state index in [-0.39, 0.29) is 5.39 Å². The van der Waals surface area contributed by atoms with Gasteiger partial charge in [-0.1, -0.05) is 43.7 Å². The summed E-state index contributed by atoms with van der Waals surface area (Å²) < 4.78 is 32.6. The summed E-state index contributed by atoms with van der Waals surface area (Å²) in [5, 5.41) is 0.890. The van der Waals surface area contributed by atoms with E-state index in [9.17, 15) is 8.78 Å². The van der Waals surface area contributed by atoms with Gasteiger partial charge in [-0.2, -0.15) is 0 Å². The molecule has 0 fully saturated rings. The lowest BCUT2D eigenvalue weighted by atomic mass is 10.1. The molecule has 23 heavy (non-hydrogen) atoms. The van der Waals surface area contributed by atoms with Crippen molar-refractivity contribution in [2.45, 2.75) is 26.4 Å². The van der Waals surface area contributed by atoms with Crippen molar-refractivity contribution < 1.29 is 13.5 Å². The van der Waals surface area contributed by atoms with E-state index < -0.39 is 11.6 Å². The van der Waals surface area contributed by atoms with Crippen LogP contribution in [0.4, 0.5) is 8.78 Å². The lowest BCUT2D eigenvalue weighted by Gasteiger charge is -2.09. The van der Waals surface area contributed by atoms with Crippen LogP contribution < -0.4 is 4.74 Å². The Bertz CT molecular complexity index is 810. The zero-order valence-corrected chi connectivity index (χ0v) is 13.0. The maximum absolute atomic E-state index is 13.7. The highest BCUT2D eigenvalue weighted by Gasteiger charge is 2.07. The summed E-state index contributed by atoms with van der Waals surface area (Å²) >= 11 is 0. The first-order valence-corrected chi connectivity index (χ1v) is 7.76. The number of fused-ring (bicyclic) bond motifs is 1. The van der Waals surface area contributed by atoms with Crippen molar-refractivity contribution >= 4 is 10.8 Å². The summed E-state index contributed by atoms with van der Waals surface area (Å²) in [6.07, 6.45) is 2.21. The molecule has 0 unspecified atom stereocenters. The molecule has 0 radical (unpaired) electrons. The monoisotopic (exact) mass is 312 g/mol. The third kappa shape index (κ3) is 3.50. The van der Waals surface area contributed by atoms with E-state index in [1.807, 2.05) is 0 Å². The molecule has 0 bridgehead atoms. The largest absolute Gasteiger partial charge is 0.489 e. The summed E-state index contributed by atoms with van der Waals surface area (Å²) in [7, 11) is 0. The number of aryl methyl sites for hydroxylation is 1. The van der Waals surface area contributed by atoms with Crippen LogP contribution in [0.5, 0.6) is 5.75 Å². The first kappa shape index (κ1) is 15.5. The second-order valence-electron chi connectivity index (χ2n) is 5.60. The maximum atomic E-state index is 13.7. The molecule has 0 saturated heterocycles. The van der Waals surface area contributed by atoms with Crippen molar-refractivity contribution in [3.05, 3.63) is 77.4 Å². The van der Waals surface area contributed by atoms with E-state index in [0.717, 1.165) is 24.5 Å². The van der Waals surface area contributed by atoms with Crippen LogP contribution in [0.2, 0.25) is 0 Å². The van der Waals surface area contributed by atoms with Crippen molar-refractivity contribution in [2.75, 3.05) is 0 Å². The maximum Gasteiger partial charge on any atom is 0.166 e. The van der Waals surface area contributed by atoms with E-state index >= 15 is 0 Å². The van der Waals surface area contributed by atoms with Gasteiger partial charge < -0.3 is 4.74 Å². The molecule has 0 aromatic heterocycles. The molecule has 3 heteroatoms. The summed E-state index contributed by atoms with van der Waals surface area (Å²) in [4.78, 5) is 0. The first-order chi connectivity index (χ1) is 11.2. The molecule has 0 N–H and O–H groups in total. The van der Waals surface area contributed by atoms with Crippen molar-refractivity contribution in [3.63, 3.8) is 0 Å². The number of hydrogen-bond donors (Lipinski definition) is 0. The molecule has 1 nitrogen and oxygen atoms in total. The van der Waals surface area contributed by atoms with E-state index in [1.165, 1.54) is 5.56 Å². The SMILES string of the molecule is CCCc1ccc(COc2ccc3c(F)c(F)ccc3c2)cc1. The second-order valence-corrected chi connectivity index (χ2v) is 5.60. The zero-order chi connectivity index (χ0) is 16.2. The van der Waals surface area contributed by atoms with Crippen LogP contribution in [-0.4, -0.2) is 0 Å². The minimum absolute atomic E-state index is 0.265. The summed E-state index contributed by atoms with van der Waals surface area (Å²) in [5.74, 6) is -1.01. The number of hydrogen-bond acceptors (Lipinski definition) is 1. The van der Waals surface area contributed by atoms with Gasteiger partial charge in [-0.05, 0) is 47.2 Å². The van der Waals surface area contributed by atoms with Crippen LogP contribution in [0.1, 0.15) is 24.5 Å². The molecule has 0 spiro atoms. The number of ether oxygens (including phenoxy) is 1. The molecule has 0 heterocycles. The zero-order valence-electron chi connectivity index (χ0n) is 13.0. The van der Waals surface area contributed by atoms with Gasteiger partial charge in [0.2, 0.25) is 0 Å². The van der Waals surface area contributed by atoms with Gasteiger partial charge in [-0.3, -0.25) is 0 Å². The molecule has 3 rings (SSSR count). The third-order valence-electron chi connectivity index (χ3n) is 3.85. The molecule has 3 aromatic rings. The van der Waals surface area contributed by atoms with Crippen LogP contribution in [0, 0.1) is 11.6 Å². The molecule has 0 saturated carbocycles. The van der Waals surface area contributed by atoms with Gasteiger partial charge in [-0.25, -0.2) is 8.78 Å². The van der Waals surface area contributed by atoms with Gasteiger partial charge in [-0.15, -0.1) is 0 Å². The predicted octanol–water partition coefficient (Wildman–Crippen LogP) is 5.65. The Labute approximate surface area is 134 Å². The average molecular weight is 312 g/mol. The fourth-order valence-electron chi connectivity index (χ4n) is 2.59. The van der Waals surface area contributed by atoms with Gasteiger partial charge in [0.25, 0.3) is 0 Å². The number of benzene rings is 3. The molecule has 0 aliphatic carbocycles. The van der Waals surface area contributed by atoms with Crippen molar-refractivity contribution in [1.82, 2.24) is 0 Å². The highest BCUT2D eigenvalue weighted by molar-refractivity contribution is 5.84. The molecule has 0 amide bonds. The third-order valence-corrected chi connectivity index (χ3v) is 3.85. The van der Waals surface area contributed by atoms with Gasteiger partial charge in [0.1, 0.15) is 12.4 Å². The van der Waals surface area contributed by atoms with Gasteiger partial charge >= 0.3 is 0 Å². The molecule has 3 aromatic carbocycles. The Morgan fingerprint density at radius 2 is 1.61 bits per heavy atom. The van der Waals surface area contributed by atoms with E-state index in [2.05, 4.69) is 31.2 Å². The van der Waals surface area contributed by atoms with E-state index in [0.29, 0.717) is 17.7 Å². The lowest BCUT2D eigenvalue weighted by molar-refractivity contribution is 0.306. The second kappa shape index (κ2) is 6.78. The Hall–Kier alpha value is -2.42. The summed E-state index contributed by atoms with van der Waals surface area (Å²) in [6, 6.07) is 16.0. The molecular formula is C20H18F2O. The first-order valence-electron chi connectivity index (χ1n) is 7.76. The number of rotatable bonds is 5. The average Bonchev–Trinajstić information content (AvgIpc) is 2.58. The van der Waals surface area contributed by atoms with Crippen LogP contribution >= 0.6 is 0 Å². The molecule has 0 aliphatic heterocycles. The van der Waals surface area contributed by atoms with Crippen LogP contribution in [0.25, 0.3) is 10.8 Å². The standard InChI is InChI=1S/C20H18F2O/c1-2-3-14-4-6-15(7-5-14)13-23-17-9-10-18-16(12-17)8-11-19(21)20(18)22/h4-12H,2-3,13H2,1H3. The van der Waals surface area contributed by atoms with Crippen molar-refractivity contribution in [1.29, 1.82) is 0 Å². The van der Waals surface area contributed by atoms with E-state index in [1.54, 1.807) is 24.3 Å². The van der Waals surface area contributed by atoms with Crippen LogP contribution in [0.15, 0.2) is 54.6 Å². The Morgan fingerprint density at radius 1 is 0.870 bits per heavy atom. The highest BCUT2D eigenvalue weighted by atomic mass is 19.2. The van der Waals surface area contributed by atoms with Crippen LogP contribution in [0.3, 0.4) is 0 Å². The Morgan fingerprint density at radius 3 is 2.35 bits per heavy atom. The smallest absolute Gasteiger partial charge is 0.166 e. The fraction of sp³-hybridized carbons (Fsp3) is 0.200. The Kier molecular flexibility index (Phi) is 4.56. The summed E-state index contributed by atoms with van der Waals surface area (Å²) in [5.41, 5.74) is 2.40. The van der Waals surface area contributed by atoms with Crippen LogP contribution in [-0.2, 0) is 13.0 Å². The molecule has 0 aliphatic rings. The normalized spacial score (nSPS) is 10.9. The van der Waals surface area contributed by atoms with Gasteiger partial charge in [0, 0.05) is 5.39 Å². The number of halogens is 2. The minimum Gasteiger partial charge on any atom is -0.489 e. The lowest BCUT2D eigenvalue weighted by Crippen LogP contribution is -1.96. The van der Waals surface area contributed by atoms with E-state index in [4.69, 9.17) is 4.74 Å². The highest BCUT2D eigenvalue weighted by Crippen LogP contribution is 2.25. The molecular weight excluding hydrogens is 294 g/mol. The fourth-order valence-corrected chi connectivity index (χ4v) is 2.59. The van der Waals surface area contributed by atoms with Gasteiger partial charge in [0.15, 0.2) is 11.6 Å². The molecule has 0 atom stereocenters. The van der Waals surface area contributed by atoms with Crippen molar-refractivity contribution in [3.8, 4) is 5.75 Å². The Balaban J connectivity index is 1.73. The summed E-state index contributed by atoms with van der Waals surface area (Å²) in [6.45, 7) is 2.60. The minimum atomic E-state index is -0.835.